The number of nitrogens with zero attached hydrogens (tertiary/aromatic N) is 6. The number of aromatic nitrogens is 6. The lowest BCUT2D eigenvalue weighted by Crippen LogP contribution is -2.25. The summed E-state index contributed by atoms with van der Waals surface area (Å²) in [5, 5.41) is 13.8. The highest BCUT2D eigenvalue weighted by molar-refractivity contribution is 7.19. The molecule has 0 amide bonds. The van der Waals surface area contributed by atoms with Crippen LogP contribution in [0.2, 0.25) is 0 Å². The number of hydrogen-bond acceptors (Lipinski definition) is 7. The van der Waals surface area contributed by atoms with E-state index in [9.17, 15) is 4.79 Å². The fourth-order valence-corrected chi connectivity index (χ4v) is 4.77. The zero-order valence-corrected chi connectivity index (χ0v) is 16.9. The molecule has 0 atom stereocenters. The molecule has 0 aliphatic carbocycles. The van der Waals surface area contributed by atoms with Crippen molar-refractivity contribution in [3.8, 4) is 0 Å². The number of nitrogens with one attached hydrogen (secondary N) is 1. The number of anilines is 1. The normalized spacial score (nSPS) is 11.5. The first-order chi connectivity index (χ1) is 14.6. The van der Waals surface area contributed by atoms with Crippen molar-refractivity contribution in [1.82, 2.24) is 28.9 Å². The van der Waals surface area contributed by atoms with Crippen molar-refractivity contribution in [2.24, 2.45) is 7.05 Å². The Labute approximate surface area is 174 Å². The highest BCUT2D eigenvalue weighted by Gasteiger charge is 2.18. The smallest absolute Gasteiger partial charge is 0.291 e. The number of benzene rings is 1. The van der Waals surface area contributed by atoms with Gasteiger partial charge in [0.1, 0.15) is 10.5 Å². The van der Waals surface area contributed by atoms with Crippen molar-refractivity contribution >= 4 is 44.5 Å². The lowest BCUT2D eigenvalue weighted by atomic mass is 10.1. The molecular formula is C20H18N8OS. The Morgan fingerprint density at radius 2 is 2.17 bits per heavy atom. The lowest BCUT2D eigenvalue weighted by molar-refractivity contribution is 0.644. The van der Waals surface area contributed by atoms with Crippen LogP contribution in [0, 0.1) is 5.41 Å². The van der Waals surface area contributed by atoms with E-state index in [-0.39, 0.29) is 12.1 Å². The first-order valence-electron chi connectivity index (χ1n) is 9.24. The van der Waals surface area contributed by atoms with Gasteiger partial charge in [0.15, 0.2) is 5.65 Å². The van der Waals surface area contributed by atoms with E-state index in [0.717, 1.165) is 26.3 Å². The van der Waals surface area contributed by atoms with Crippen LogP contribution in [0.3, 0.4) is 0 Å². The summed E-state index contributed by atoms with van der Waals surface area (Å²) in [4.78, 5) is 22.0. The second-order valence-corrected chi connectivity index (χ2v) is 8.07. The third-order valence-corrected chi connectivity index (χ3v) is 6.20. The van der Waals surface area contributed by atoms with Gasteiger partial charge in [-0.2, -0.15) is 5.10 Å². The number of fused-ring (bicyclic) bond motifs is 3. The van der Waals surface area contributed by atoms with Crippen LogP contribution >= 0.6 is 11.3 Å². The monoisotopic (exact) mass is 418 g/mol. The zero-order chi connectivity index (χ0) is 20.8. The Bertz CT molecular complexity index is 1460. The van der Waals surface area contributed by atoms with Crippen molar-refractivity contribution in [3.63, 3.8) is 0 Å². The van der Waals surface area contributed by atoms with Crippen LogP contribution in [-0.4, -0.2) is 35.1 Å². The molecule has 5 rings (SSSR count). The molecule has 5 aromatic rings. The molecule has 0 saturated carbocycles. The number of nitrogens with two attached hydrogens (primary N) is 1. The standard InChI is InChI=1S/C20H18N8OS/c1-26-17-14(18-19(26)25-16(30-18)10-27-6-5-23-11-27)8-24-28(20(17)29)9-12-3-2-4-15(22)13(12)7-21/h2-8,11,21H,9-10,22H2,1H3. The number of thiazole rings is 1. The Kier molecular flexibility index (Phi) is 4.21. The van der Waals surface area contributed by atoms with E-state index in [4.69, 9.17) is 16.1 Å². The van der Waals surface area contributed by atoms with Crippen molar-refractivity contribution in [2.75, 3.05) is 5.73 Å². The minimum Gasteiger partial charge on any atom is -0.398 e. The van der Waals surface area contributed by atoms with Crippen molar-refractivity contribution in [2.45, 2.75) is 13.1 Å². The molecule has 0 radical (unpaired) electrons. The highest BCUT2D eigenvalue weighted by atomic mass is 32.1. The van der Waals surface area contributed by atoms with Gasteiger partial charge in [0.05, 0.1) is 30.3 Å². The molecule has 4 aromatic heterocycles. The van der Waals surface area contributed by atoms with Crippen LogP contribution in [-0.2, 0) is 20.1 Å². The van der Waals surface area contributed by atoms with E-state index in [1.54, 1.807) is 36.1 Å². The van der Waals surface area contributed by atoms with E-state index in [1.165, 1.54) is 10.9 Å². The minimum absolute atomic E-state index is 0.199. The zero-order valence-electron chi connectivity index (χ0n) is 16.1. The quantitative estimate of drug-likeness (QED) is 0.335. The van der Waals surface area contributed by atoms with Crippen LogP contribution in [0.1, 0.15) is 16.1 Å². The van der Waals surface area contributed by atoms with Gasteiger partial charge in [-0.05, 0) is 11.6 Å². The second kappa shape index (κ2) is 6.92. The molecule has 3 N–H and O–H groups in total. The van der Waals surface area contributed by atoms with Crippen LogP contribution in [0.4, 0.5) is 5.69 Å². The molecule has 0 spiro atoms. The number of rotatable bonds is 5. The number of hydrogen-bond donors (Lipinski definition) is 2. The molecular weight excluding hydrogens is 400 g/mol. The summed E-state index contributed by atoms with van der Waals surface area (Å²) >= 11 is 1.56. The van der Waals surface area contributed by atoms with Gasteiger partial charge in [0.25, 0.3) is 5.56 Å². The number of nitrogen functional groups attached to an aromatic ring is 1. The van der Waals surface area contributed by atoms with E-state index in [1.807, 2.05) is 34.5 Å². The van der Waals surface area contributed by atoms with E-state index < -0.39 is 0 Å². The maximum Gasteiger partial charge on any atom is 0.291 e. The van der Waals surface area contributed by atoms with Gasteiger partial charge < -0.3 is 20.3 Å². The molecule has 9 nitrogen and oxygen atoms in total. The topological polar surface area (TPSA) is 120 Å². The molecule has 0 bridgehead atoms. The van der Waals surface area contributed by atoms with Crippen LogP contribution in [0.15, 0.2) is 47.9 Å². The second-order valence-electron chi connectivity index (χ2n) is 6.99. The van der Waals surface area contributed by atoms with Crippen LogP contribution in [0.25, 0.3) is 21.3 Å². The summed E-state index contributed by atoms with van der Waals surface area (Å²) < 4.78 is 6.14. The molecule has 150 valence electrons. The fourth-order valence-electron chi connectivity index (χ4n) is 3.66. The van der Waals surface area contributed by atoms with Crippen LogP contribution in [0.5, 0.6) is 0 Å². The van der Waals surface area contributed by atoms with Gasteiger partial charge in [0.2, 0.25) is 0 Å². The van der Waals surface area contributed by atoms with E-state index in [0.29, 0.717) is 23.3 Å². The number of aryl methyl sites for hydroxylation is 1. The van der Waals surface area contributed by atoms with Crippen LogP contribution < -0.4 is 11.3 Å². The van der Waals surface area contributed by atoms with Crippen molar-refractivity contribution < 1.29 is 0 Å². The molecule has 1 aromatic carbocycles. The number of imidazole rings is 1. The molecule has 0 aliphatic rings. The van der Waals surface area contributed by atoms with Gasteiger partial charge in [-0.3, -0.25) is 4.79 Å². The third-order valence-electron chi connectivity index (χ3n) is 5.14. The molecule has 0 fully saturated rings. The average Bonchev–Trinajstić information content (AvgIpc) is 3.44. The Morgan fingerprint density at radius 3 is 2.93 bits per heavy atom. The van der Waals surface area contributed by atoms with E-state index >= 15 is 0 Å². The molecule has 0 unspecified atom stereocenters. The molecule has 4 heterocycles. The Balaban J connectivity index is 1.59. The molecule has 30 heavy (non-hydrogen) atoms. The Hall–Kier alpha value is -3.79. The summed E-state index contributed by atoms with van der Waals surface area (Å²) in [6.07, 6.45) is 8.30. The maximum absolute atomic E-state index is 13.2. The summed E-state index contributed by atoms with van der Waals surface area (Å²) in [5.74, 6) is 0. The SMILES string of the molecule is Cn1c2nc(Cn3ccnc3)sc2c2cnn(Cc3cccc(N)c3C=N)c(=O)c21. The van der Waals surface area contributed by atoms with Crippen molar-refractivity contribution in [3.05, 3.63) is 69.6 Å². The van der Waals surface area contributed by atoms with Gasteiger partial charge in [-0.15, -0.1) is 11.3 Å². The van der Waals surface area contributed by atoms with Crippen molar-refractivity contribution in [1.29, 1.82) is 5.41 Å². The van der Waals surface area contributed by atoms with Gasteiger partial charge in [-0.1, -0.05) is 12.1 Å². The lowest BCUT2D eigenvalue weighted by Gasteiger charge is -2.10. The third kappa shape index (κ3) is 2.80. The first-order valence-corrected chi connectivity index (χ1v) is 10.1. The predicted molar refractivity (Wildman–Crippen MR) is 117 cm³/mol. The summed E-state index contributed by atoms with van der Waals surface area (Å²) in [5.41, 5.74) is 8.98. The van der Waals surface area contributed by atoms with Gasteiger partial charge in [0, 0.05) is 42.3 Å². The summed E-state index contributed by atoms with van der Waals surface area (Å²) in [7, 11) is 1.85. The first kappa shape index (κ1) is 18.3. The predicted octanol–water partition coefficient (Wildman–Crippen LogP) is 2.22. The molecule has 10 heteroatoms. The van der Waals surface area contributed by atoms with Gasteiger partial charge >= 0.3 is 0 Å². The average molecular weight is 418 g/mol. The fraction of sp³-hybridized carbons (Fsp3) is 0.150. The van der Waals surface area contributed by atoms with E-state index in [2.05, 4.69) is 10.1 Å². The molecule has 0 saturated heterocycles. The highest BCUT2D eigenvalue weighted by Crippen LogP contribution is 2.31. The largest absolute Gasteiger partial charge is 0.398 e. The molecule has 0 aliphatic heterocycles. The minimum atomic E-state index is -0.199. The maximum atomic E-state index is 13.2. The summed E-state index contributed by atoms with van der Waals surface area (Å²) in [6.45, 7) is 0.871. The Morgan fingerprint density at radius 1 is 1.30 bits per heavy atom. The summed E-state index contributed by atoms with van der Waals surface area (Å²) in [6, 6.07) is 5.40. The van der Waals surface area contributed by atoms with Gasteiger partial charge in [-0.25, -0.2) is 14.6 Å².